The Morgan fingerprint density at radius 3 is 2.57 bits per heavy atom. The van der Waals surface area contributed by atoms with E-state index in [2.05, 4.69) is 10.4 Å². The van der Waals surface area contributed by atoms with Crippen LogP contribution in [0.5, 0.6) is 5.75 Å². The Morgan fingerprint density at radius 1 is 1.20 bits per heavy atom. The molecule has 1 amide bonds. The number of anilines is 1. The van der Waals surface area contributed by atoms with E-state index in [4.69, 9.17) is 16.3 Å². The van der Waals surface area contributed by atoms with E-state index in [1.54, 1.807) is 32.2 Å². The van der Waals surface area contributed by atoms with Crippen LogP contribution in [0.3, 0.4) is 0 Å². The number of amides is 1. The average Bonchev–Trinajstić information content (AvgIpc) is 2.68. The first kappa shape index (κ1) is 21.4. The van der Waals surface area contributed by atoms with E-state index in [1.165, 1.54) is 0 Å². The van der Waals surface area contributed by atoms with E-state index in [-0.39, 0.29) is 5.02 Å². The Kier molecular flexibility index (Phi) is 6.47. The summed E-state index contributed by atoms with van der Waals surface area (Å²) in [6.45, 7) is 1.18. The Bertz CT molecular complexity index is 1140. The molecular formula is C21H18ClF2N3O3. The number of rotatable bonds is 6. The Balaban J connectivity index is 1.83. The molecule has 0 saturated carbocycles. The minimum atomic E-state index is -1.02. The van der Waals surface area contributed by atoms with Gasteiger partial charge in [0, 0.05) is 17.0 Å². The summed E-state index contributed by atoms with van der Waals surface area (Å²) in [7, 11) is 1.55. The van der Waals surface area contributed by atoms with Crippen LogP contribution in [0.4, 0.5) is 14.5 Å². The van der Waals surface area contributed by atoms with Crippen molar-refractivity contribution in [2.45, 2.75) is 19.9 Å². The van der Waals surface area contributed by atoms with Gasteiger partial charge in [0.25, 0.3) is 5.56 Å². The summed E-state index contributed by atoms with van der Waals surface area (Å²) < 4.78 is 33.9. The molecule has 2 aromatic carbocycles. The number of ether oxygens (including phenoxy) is 1. The Hall–Kier alpha value is -3.26. The quantitative estimate of drug-likeness (QED) is 0.643. The molecule has 0 atom stereocenters. The molecule has 0 radical (unpaired) electrons. The van der Waals surface area contributed by atoms with Crippen molar-refractivity contribution in [1.82, 2.24) is 9.78 Å². The van der Waals surface area contributed by atoms with Gasteiger partial charge in [-0.25, -0.2) is 13.5 Å². The summed E-state index contributed by atoms with van der Waals surface area (Å²) in [6, 6.07) is 10.6. The van der Waals surface area contributed by atoms with Gasteiger partial charge in [0.15, 0.2) is 11.6 Å². The first-order valence-corrected chi connectivity index (χ1v) is 9.29. The fourth-order valence-electron chi connectivity index (χ4n) is 2.96. The zero-order valence-corrected chi connectivity index (χ0v) is 17.0. The van der Waals surface area contributed by atoms with Crippen molar-refractivity contribution in [3.05, 3.63) is 86.3 Å². The number of hydrogen-bond donors (Lipinski definition) is 1. The normalized spacial score (nSPS) is 10.7. The smallest absolute Gasteiger partial charge is 0.270 e. The maximum absolute atomic E-state index is 13.9. The summed E-state index contributed by atoms with van der Waals surface area (Å²) in [4.78, 5) is 25.1. The highest BCUT2D eigenvalue weighted by molar-refractivity contribution is 6.30. The molecule has 0 saturated heterocycles. The number of aryl methyl sites for hydroxylation is 1. The lowest BCUT2D eigenvalue weighted by Gasteiger charge is -2.11. The predicted octanol–water partition coefficient (Wildman–Crippen LogP) is 3.72. The fourth-order valence-corrected chi connectivity index (χ4v) is 3.15. The lowest BCUT2D eigenvalue weighted by Crippen LogP contribution is -2.32. The number of carbonyl (C=O) groups excluding carboxylic acids is 1. The molecule has 1 heterocycles. The van der Waals surface area contributed by atoms with E-state index in [1.807, 2.05) is 12.1 Å². The molecule has 1 N–H and O–H groups in total. The molecular weight excluding hydrogens is 416 g/mol. The van der Waals surface area contributed by atoms with Gasteiger partial charge in [-0.3, -0.25) is 9.59 Å². The third-order valence-corrected chi connectivity index (χ3v) is 4.48. The number of halogens is 3. The molecule has 6 nitrogen and oxygen atoms in total. The van der Waals surface area contributed by atoms with Crippen molar-refractivity contribution in [3.63, 3.8) is 0 Å². The Labute approximate surface area is 176 Å². The molecule has 0 aliphatic carbocycles. The van der Waals surface area contributed by atoms with Gasteiger partial charge in [-0.05, 0) is 42.8 Å². The van der Waals surface area contributed by atoms with E-state index in [0.29, 0.717) is 23.4 Å². The van der Waals surface area contributed by atoms with Crippen LogP contribution in [0, 0.1) is 18.6 Å². The second-order valence-electron chi connectivity index (χ2n) is 6.59. The molecule has 3 aromatic rings. The maximum atomic E-state index is 13.9. The standard InChI is InChI=1S/C21H18ClF2N3O3/c1-12-6-14(7-13-4-3-5-16(8-13)30-2)21(29)27(26-12)11-19(28)25-20-17(23)9-15(22)10-18(20)24/h3-6,8-10H,7,11H2,1-2H3,(H,25,28). The molecule has 9 heteroatoms. The van der Waals surface area contributed by atoms with Gasteiger partial charge in [-0.1, -0.05) is 23.7 Å². The maximum Gasteiger partial charge on any atom is 0.270 e. The van der Waals surface area contributed by atoms with E-state index in [9.17, 15) is 18.4 Å². The number of carbonyl (C=O) groups is 1. The van der Waals surface area contributed by atoms with Gasteiger partial charge in [0.1, 0.15) is 18.0 Å². The van der Waals surface area contributed by atoms with Crippen LogP contribution in [0.2, 0.25) is 5.02 Å². The molecule has 3 rings (SSSR count). The predicted molar refractivity (Wildman–Crippen MR) is 109 cm³/mol. The molecule has 0 aliphatic heterocycles. The molecule has 0 aliphatic rings. The third-order valence-electron chi connectivity index (χ3n) is 4.26. The largest absolute Gasteiger partial charge is 0.497 e. The number of hydrogen-bond acceptors (Lipinski definition) is 4. The molecule has 0 unspecified atom stereocenters. The van der Waals surface area contributed by atoms with Crippen LogP contribution in [-0.2, 0) is 17.8 Å². The van der Waals surface area contributed by atoms with Crippen LogP contribution >= 0.6 is 11.6 Å². The highest BCUT2D eigenvalue weighted by Gasteiger charge is 2.16. The lowest BCUT2D eigenvalue weighted by molar-refractivity contribution is -0.117. The highest BCUT2D eigenvalue weighted by atomic mass is 35.5. The zero-order chi connectivity index (χ0) is 21.8. The monoisotopic (exact) mass is 433 g/mol. The summed E-state index contributed by atoms with van der Waals surface area (Å²) >= 11 is 5.57. The van der Waals surface area contributed by atoms with Crippen molar-refractivity contribution in [1.29, 1.82) is 0 Å². The minimum Gasteiger partial charge on any atom is -0.497 e. The Morgan fingerprint density at radius 2 is 1.90 bits per heavy atom. The summed E-state index contributed by atoms with van der Waals surface area (Å²) in [5.74, 6) is -2.18. The molecule has 0 bridgehead atoms. The van der Waals surface area contributed by atoms with Crippen molar-refractivity contribution in [3.8, 4) is 5.75 Å². The highest BCUT2D eigenvalue weighted by Crippen LogP contribution is 2.23. The number of aromatic nitrogens is 2. The van der Waals surface area contributed by atoms with Crippen molar-refractivity contribution < 1.29 is 18.3 Å². The average molecular weight is 434 g/mol. The molecule has 1 aromatic heterocycles. The molecule has 30 heavy (non-hydrogen) atoms. The van der Waals surface area contributed by atoms with Gasteiger partial charge in [0.05, 0.1) is 12.8 Å². The van der Waals surface area contributed by atoms with Gasteiger partial charge in [-0.15, -0.1) is 0 Å². The molecule has 0 fully saturated rings. The summed E-state index contributed by atoms with van der Waals surface area (Å²) in [5, 5.41) is 6.04. The second kappa shape index (κ2) is 9.04. The van der Waals surface area contributed by atoms with E-state index >= 15 is 0 Å². The van der Waals surface area contributed by atoms with Crippen LogP contribution < -0.4 is 15.6 Å². The number of methoxy groups -OCH3 is 1. The second-order valence-corrected chi connectivity index (χ2v) is 7.03. The van der Waals surface area contributed by atoms with Crippen molar-refractivity contribution >= 4 is 23.2 Å². The van der Waals surface area contributed by atoms with Gasteiger partial charge >= 0.3 is 0 Å². The van der Waals surface area contributed by atoms with Crippen LogP contribution in [0.15, 0.2) is 47.3 Å². The van der Waals surface area contributed by atoms with Crippen molar-refractivity contribution in [2.75, 3.05) is 12.4 Å². The minimum absolute atomic E-state index is 0.137. The molecule has 156 valence electrons. The van der Waals surface area contributed by atoms with Crippen LogP contribution in [-0.4, -0.2) is 22.8 Å². The zero-order valence-electron chi connectivity index (χ0n) is 16.2. The molecule has 0 spiro atoms. The number of nitrogens with zero attached hydrogens (tertiary/aromatic N) is 2. The van der Waals surface area contributed by atoms with Gasteiger partial charge < -0.3 is 10.1 Å². The first-order chi connectivity index (χ1) is 14.3. The van der Waals surface area contributed by atoms with Crippen LogP contribution in [0.1, 0.15) is 16.8 Å². The van der Waals surface area contributed by atoms with Gasteiger partial charge in [0.2, 0.25) is 5.91 Å². The first-order valence-electron chi connectivity index (χ1n) is 8.92. The van der Waals surface area contributed by atoms with E-state index < -0.39 is 35.3 Å². The van der Waals surface area contributed by atoms with E-state index in [0.717, 1.165) is 22.4 Å². The third kappa shape index (κ3) is 5.01. The number of benzene rings is 2. The number of nitrogens with one attached hydrogen (secondary N) is 1. The van der Waals surface area contributed by atoms with Gasteiger partial charge in [-0.2, -0.15) is 5.10 Å². The van der Waals surface area contributed by atoms with Crippen molar-refractivity contribution in [2.24, 2.45) is 0 Å². The summed E-state index contributed by atoms with van der Waals surface area (Å²) in [5.41, 5.74) is 0.673. The topological polar surface area (TPSA) is 73.2 Å². The summed E-state index contributed by atoms with van der Waals surface area (Å²) in [6.07, 6.45) is 0.307. The fraction of sp³-hybridized carbons (Fsp3) is 0.190. The van der Waals surface area contributed by atoms with Crippen LogP contribution in [0.25, 0.3) is 0 Å². The SMILES string of the molecule is COc1cccc(Cc2cc(C)nn(CC(=O)Nc3c(F)cc(Cl)cc3F)c2=O)c1. The lowest BCUT2D eigenvalue weighted by atomic mass is 10.1.